The highest BCUT2D eigenvalue weighted by atomic mass is 15.1. The van der Waals surface area contributed by atoms with Crippen LogP contribution in [0.1, 0.15) is 37.7 Å². The summed E-state index contributed by atoms with van der Waals surface area (Å²) in [5, 5.41) is 11.5. The normalized spacial score (nSPS) is 16.4. The van der Waals surface area contributed by atoms with Gasteiger partial charge in [-0.15, -0.1) is 0 Å². The van der Waals surface area contributed by atoms with Crippen LogP contribution in [0.2, 0.25) is 0 Å². The molecule has 0 radical (unpaired) electrons. The molecule has 2 heteroatoms. The van der Waals surface area contributed by atoms with Gasteiger partial charge < -0.3 is 4.90 Å². The summed E-state index contributed by atoms with van der Waals surface area (Å²) >= 11 is 0. The molecule has 1 saturated heterocycles. The summed E-state index contributed by atoms with van der Waals surface area (Å²) in [6, 6.07) is 14.7. The number of rotatable bonds is 1. The maximum atomic E-state index is 9.26. The Morgan fingerprint density at radius 3 is 2.15 bits per heavy atom. The Hall–Kier alpha value is -2.01. The third-order valence-electron chi connectivity index (χ3n) is 4.22. The van der Waals surface area contributed by atoms with E-state index in [1.165, 1.54) is 43.2 Å². The highest BCUT2D eigenvalue weighted by Crippen LogP contribution is 2.30. The molecule has 102 valence electrons. The van der Waals surface area contributed by atoms with Crippen LogP contribution in [0, 0.1) is 11.3 Å². The lowest BCUT2D eigenvalue weighted by Crippen LogP contribution is -2.27. The molecule has 2 aromatic carbocycles. The van der Waals surface area contributed by atoms with E-state index in [1.54, 1.807) is 0 Å². The fourth-order valence-electron chi connectivity index (χ4n) is 3.14. The molecule has 1 aliphatic rings. The van der Waals surface area contributed by atoms with E-state index in [-0.39, 0.29) is 0 Å². The van der Waals surface area contributed by atoms with Gasteiger partial charge in [-0.2, -0.15) is 5.26 Å². The van der Waals surface area contributed by atoms with Gasteiger partial charge in [-0.3, -0.25) is 0 Å². The molecule has 0 unspecified atom stereocenters. The maximum Gasteiger partial charge on any atom is 0.0998 e. The largest absolute Gasteiger partial charge is 0.371 e. The molecular formula is C18H20N2. The molecule has 2 nitrogen and oxygen atoms in total. The smallest absolute Gasteiger partial charge is 0.0998 e. The van der Waals surface area contributed by atoms with Crippen molar-refractivity contribution in [1.82, 2.24) is 0 Å². The molecule has 1 heterocycles. The van der Waals surface area contributed by atoms with E-state index in [2.05, 4.69) is 35.2 Å². The van der Waals surface area contributed by atoms with Crippen molar-refractivity contribution >= 4 is 16.5 Å². The first kappa shape index (κ1) is 13.0. The van der Waals surface area contributed by atoms with Crippen LogP contribution in [0.4, 0.5) is 5.69 Å². The van der Waals surface area contributed by atoms with Crippen LogP contribution >= 0.6 is 0 Å². The summed E-state index contributed by atoms with van der Waals surface area (Å²) in [5.74, 6) is 0. The van der Waals surface area contributed by atoms with E-state index in [1.807, 2.05) is 12.1 Å². The van der Waals surface area contributed by atoms with Crippen LogP contribution in [0.5, 0.6) is 0 Å². The zero-order valence-corrected chi connectivity index (χ0v) is 11.8. The van der Waals surface area contributed by atoms with Crippen molar-refractivity contribution in [2.75, 3.05) is 18.0 Å². The lowest BCUT2D eigenvalue weighted by molar-refractivity contribution is 0.557. The van der Waals surface area contributed by atoms with Gasteiger partial charge in [0.1, 0.15) is 0 Å². The summed E-state index contributed by atoms with van der Waals surface area (Å²) in [5.41, 5.74) is 2.07. The van der Waals surface area contributed by atoms with Crippen molar-refractivity contribution in [3.05, 3.63) is 42.0 Å². The van der Waals surface area contributed by atoms with Crippen LogP contribution in [0.25, 0.3) is 10.8 Å². The average Bonchev–Trinajstić information content (AvgIpc) is 2.46. The van der Waals surface area contributed by atoms with Crippen LogP contribution in [0.3, 0.4) is 0 Å². The van der Waals surface area contributed by atoms with E-state index in [9.17, 15) is 5.26 Å². The summed E-state index contributed by atoms with van der Waals surface area (Å²) in [4.78, 5) is 2.50. The second-order valence-electron chi connectivity index (χ2n) is 5.54. The molecule has 0 aliphatic carbocycles. The topological polar surface area (TPSA) is 27.0 Å². The Labute approximate surface area is 120 Å². The molecule has 1 fully saturated rings. The minimum absolute atomic E-state index is 0.774. The van der Waals surface area contributed by atoms with Crippen LogP contribution in [-0.2, 0) is 0 Å². The number of nitriles is 1. The molecule has 20 heavy (non-hydrogen) atoms. The zero-order valence-electron chi connectivity index (χ0n) is 11.8. The Morgan fingerprint density at radius 2 is 1.45 bits per heavy atom. The minimum Gasteiger partial charge on any atom is -0.371 e. The molecule has 2 aromatic rings. The standard InChI is InChI=1S/C18H20N2/c19-14-15-10-11-18(17-9-5-4-8-16(15)17)20-12-6-2-1-3-7-13-20/h4-5,8-11H,1-3,6-7,12-13H2. The molecule has 0 saturated carbocycles. The van der Waals surface area contributed by atoms with Crippen LogP contribution in [-0.4, -0.2) is 13.1 Å². The van der Waals surface area contributed by atoms with Gasteiger partial charge in [0.2, 0.25) is 0 Å². The highest BCUT2D eigenvalue weighted by Gasteiger charge is 2.13. The van der Waals surface area contributed by atoms with E-state index in [0.717, 1.165) is 24.0 Å². The Kier molecular flexibility index (Phi) is 3.87. The molecule has 0 bridgehead atoms. The van der Waals surface area contributed by atoms with E-state index < -0.39 is 0 Å². The summed E-state index contributed by atoms with van der Waals surface area (Å²) in [6.45, 7) is 2.27. The number of hydrogen-bond acceptors (Lipinski definition) is 2. The second kappa shape index (κ2) is 5.96. The van der Waals surface area contributed by atoms with E-state index in [0.29, 0.717) is 0 Å². The number of fused-ring (bicyclic) bond motifs is 1. The van der Waals surface area contributed by atoms with Crippen LogP contribution in [0.15, 0.2) is 36.4 Å². The van der Waals surface area contributed by atoms with Crippen molar-refractivity contribution in [2.45, 2.75) is 32.1 Å². The quantitative estimate of drug-likeness (QED) is 0.759. The van der Waals surface area contributed by atoms with Crippen molar-refractivity contribution in [3.8, 4) is 6.07 Å². The minimum atomic E-state index is 0.774. The van der Waals surface area contributed by atoms with Crippen LogP contribution < -0.4 is 4.90 Å². The molecule has 0 aromatic heterocycles. The maximum absolute atomic E-state index is 9.26. The summed E-state index contributed by atoms with van der Waals surface area (Å²) < 4.78 is 0. The number of nitrogens with zero attached hydrogens (tertiary/aromatic N) is 2. The van der Waals surface area contributed by atoms with Gasteiger partial charge in [-0.1, -0.05) is 43.5 Å². The first-order chi connectivity index (χ1) is 9.90. The van der Waals surface area contributed by atoms with Gasteiger partial charge in [-0.25, -0.2) is 0 Å². The van der Waals surface area contributed by atoms with Gasteiger partial charge in [0.25, 0.3) is 0 Å². The third-order valence-corrected chi connectivity index (χ3v) is 4.22. The monoisotopic (exact) mass is 264 g/mol. The molecule has 3 rings (SSSR count). The molecule has 0 atom stereocenters. The molecule has 0 amide bonds. The summed E-state index contributed by atoms with van der Waals surface area (Å²) in [6.07, 6.45) is 6.60. The van der Waals surface area contributed by atoms with Gasteiger partial charge in [0.05, 0.1) is 11.6 Å². The van der Waals surface area contributed by atoms with Gasteiger partial charge in [0, 0.05) is 29.5 Å². The number of benzene rings is 2. The number of anilines is 1. The first-order valence-electron chi connectivity index (χ1n) is 7.57. The SMILES string of the molecule is N#Cc1ccc(N2CCCCCCC2)c2ccccc12. The van der Waals surface area contributed by atoms with Crippen molar-refractivity contribution < 1.29 is 0 Å². The van der Waals surface area contributed by atoms with E-state index >= 15 is 0 Å². The average molecular weight is 264 g/mol. The van der Waals surface area contributed by atoms with Gasteiger partial charge in [0.15, 0.2) is 0 Å². The van der Waals surface area contributed by atoms with Gasteiger partial charge >= 0.3 is 0 Å². The Morgan fingerprint density at radius 1 is 0.800 bits per heavy atom. The summed E-state index contributed by atoms with van der Waals surface area (Å²) in [7, 11) is 0. The predicted molar refractivity (Wildman–Crippen MR) is 84.0 cm³/mol. The molecule has 1 aliphatic heterocycles. The Balaban J connectivity index is 2.04. The second-order valence-corrected chi connectivity index (χ2v) is 5.54. The first-order valence-corrected chi connectivity index (χ1v) is 7.57. The number of hydrogen-bond donors (Lipinski definition) is 0. The van der Waals surface area contributed by atoms with Gasteiger partial charge in [-0.05, 0) is 25.0 Å². The Bertz CT molecular complexity index is 631. The molecule has 0 spiro atoms. The molecule has 0 N–H and O–H groups in total. The van der Waals surface area contributed by atoms with E-state index in [4.69, 9.17) is 0 Å². The highest BCUT2D eigenvalue weighted by molar-refractivity contribution is 5.97. The third kappa shape index (κ3) is 2.49. The molecular weight excluding hydrogens is 244 g/mol. The fraction of sp³-hybridized carbons (Fsp3) is 0.389. The fourth-order valence-corrected chi connectivity index (χ4v) is 3.14. The zero-order chi connectivity index (χ0) is 13.8. The van der Waals surface area contributed by atoms with Crippen molar-refractivity contribution in [3.63, 3.8) is 0 Å². The lowest BCUT2D eigenvalue weighted by Gasteiger charge is -2.28. The van der Waals surface area contributed by atoms with Crippen molar-refractivity contribution in [2.24, 2.45) is 0 Å². The lowest BCUT2D eigenvalue weighted by atomic mass is 10.0. The van der Waals surface area contributed by atoms with Crippen molar-refractivity contribution in [1.29, 1.82) is 5.26 Å². The predicted octanol–water partition coefficient (Wildman–Crippen LogP) is 4.48.